The molecule has 1 amide bonds. The van der Waals surface area contributed by atoms with E-state index in [-0.39, 0.29) is 29.3 Å². The van der Waals surface area contributed by atoms with Crippen molar-refractivity contribution in [2.75, 3.05) is 0 Å². The lowest BCUT2D eigenvalue weighted by atomic mass is 9.71. The number of aliphatic carboxylic acids is 1. The summed E-state index contributed by atoms with van der Waals surface area (Å²) in [7, 11) is 0. The van der Waals surface area contributed by atoms with Crippen molar-refractivity contribution in [3.05, 3.63) is 64.9 Å². The molecule has 2 aliphatic heterocycles. The number of carbonyl (C=O) groups excluding carboxylic acids is 2. The standard InChI is InChI=1S/C26H23NO6/c1-12(28)19-22-15-8-4-11-18(21(15)23(26(31)32)27(22)25(19)30)33-17-10-5-9-16-20(17)13-6-2-3-7-14(13)24(16)29/h2-3,5-7,9-10,12,15,18-19,22,28H,4,8,11H2,1H3,(H,31,32). The summed E-state index contributed by atoms with van der Waals surface area (Å²) in [5.41, 5.74) is 3.38. The molecule has 7 nitrogen and oxygen atoms in total. The molecule has 5 atom stereocenters. The van der Waals surface area contributed by atoms with Crippen LogP contribution in [0.15, 0.2) is 53.7 Å². The Morgan fingerprint density at radius 2 is 1.79 bits per heavy atom. The van der Waals surface area contributed by atoms with Crippen molar-refractivity contribution in [1.82, 2.24) is 4.90 Å². The molecular formula is C26H23NO6. The van der Waals surface area contributed by atoms with Crippen molar-refractivity contribution in [2.24, 2.45) is 11.8 Å². The molecule has 0 aromatic heterocycles. The van der Waals surface area contributed by atoms with E-state index < -0.39 is 24.1 Å². The van der Waals surface area contributed by atoms with E-state index >= 15 is 0 Å². The van der Waals surface area contributed by atoms with Gasteiger partial charge in [0.1, 0.15) is 17.6 Å². The van der Waals surface area contributed by atoms with Crippen molar-refractivity contribution in [1.29, 1.82) is 0 Å². The van der Waals surface area contributed by atoms with E-state index in [0.29, 0.717) is 28.9 Å². The van der Waals surface area contributed by atoms with E-state index in [4.69, 9.17) is 4.74 Å². The number of fused-ring (bicyclic) bond motifs is 6. The van der Waals surface area contributed by atoms with Crippen LogP contribution < -0.4 is 4.74 Å². The van der Waals surface area contributed by atoms with E-state index in [0.717, 1.165) is 24.0 Å². The van der Waals surface area contributed by atoms with Crippen molar-refractivity contribution >= 4 is 17.7 Å². The molecule has 4 aliphatic rings. The van der Waals surface area contributed by atoms with Gasteiger partial charge in [0, 0.05) is 28.2 Å². The van der Waals surface area contributed by atoms with E-state index in [1.165, 1.54) is 4.90 Å². The maximum absolute atomic E-state index is 12.9. The highest BCUT2D eigenvalue weighted by Gasteiger charge is 2.62. The fourth-order valence-electron chi connectivity index (χ4n) is 6.25. The highest BCUT2D eigenvalue weighted by atomic mass is 16.5. The summed E-state index contributed by atoms with van der Waals surface area (Å²) >= 11 is 0. The van der Waals surface area contributed by atoms with Crippen molar-refractivity contribution in [2.45, 2.75) is 44.4 Å². The van der Waals surface area contributed by atoms with Gasteiger partial charge in [-0.3, -0.25) is 9.59 Å². The zero-order chi connectivity index (χ0) is 23.0. The number of ether oxygens (including phenoxy) is 1. The van der Waals surface area contributed by atoms with E-state index in [9.17, 15) is 24.6 Å². The Bertz CT molecular complexity index is 1260. The first-order chi connectivity index (χ1) is 15.9. The molecule has 7 heteroatoms. The van der Waals surface area contributed by atoms with Crippen LogP contribution in [0.1, 0.15) is 42.1 Å². The number of aliphatic hydroxyl groups excluding tert-OH is 1. The Morgan fingerprint density at radius 1 is 1.06 bits per heavy atom. The summed E-state index contributed by atoms with van der Waals surface area (Å²) < 4.78 is 6.48. The van der Waals surface area contributed by atoms with Gasteiger partial charge < -0.3 is 19.8 Å². The molecule has 168 valence electrons. The van der Waals surface area contributed by atoms with Crippen LogP contribution >= 0.6 is 0 Å². The highest BCUT2D eigenvalue weighted by molar-refractivity contribution is 6.22. The quantitative estimate of drug-likeness (QED) is 0.599. The summed E-state index contributed by atoms with van der Waals surface area (Å²) in [6.45, 7) is 1.58. The predicted molar refractivity (Wildman–Crippen MR) is 118 cm³/mol. The lowest BCUT2D eigenvalue weighted by Crippen LogP contribution is -2.64. The third-order valence-corrected chi connectivity index (χ3v) is 7.55. The van der Waals surface area contributed by atoms with E-state index in [1.54, 1.807) is 25.1 Å². The summed E-state index contributed by atoms with van der Waals surface area (Å²) in [6, 6.07) is 12.4. The minimum Gasteiger partial charge on any atom is -0.485 e. The molecule has 33 heavy (non-hydrogen) atoms. The number of amides is 1. The number of aliphatic hydroxyl groups is 1. The number of carboxylic acids is 1. The van der Waals surface area contributed by atoms with Gasteiger partial charge in [0.05, 0.1) is 18.1 Å². The fourth-order valence-corrected chi connectivity index (χ4v) is 6.25. The van der Waals surface area contributed by atoms with Gasteiger partial charge >= 0.3 is 5.97 Å². The lowest BCUT2D eigenvalue weighted by Gasteiger charge is -2.47. The van der Waals surface area contributed by atoms with Crippen LogP contribution in [0, 0.1) is 11.8 Å². The van der Waals surface area contributed by atoms with Crippen LogP contribution in [0.5, 0.6) is 5.75 Å². The number of β-lactam (4-membered cyclic amide) rings is 1. The van der Waals surface area contributed by atoms with Gasteiger partial charge in [0.2, 0.25) is 5.91 Å². The zero-order valence-electron chi connectivity index (χ0n) is 18.0. The maximum atomic E-state index is 12.9. The highest BCUT2D eigenvalue weighted by Crippen LogP contribution is 2.53. The molecule has 2 aromatic rings. The number of carbonyl (C=O) groups is 3. The molecule has 5 unspecified atom stereocenters. The average Bonchev–Trinajstić information content (AvgIpc) is 3.25. The van der Waals surface area contributed by atoms with Gasteiger partial charge in [-0.15, -0.1) is 0 Å². The van der Waals surface area contributed by atoms with Gasteiger partial charge in [0.25, 0.3) is 0 Å². The molecule has 2 aromatic carbocycles. The van der Waals surface area contributed by atoms with Crippen LogP contribution in [-0.2, 0) is 9.59 Å². The van der Waals surface area contributed by atoms with Crippen molar-refractivity contribution in [3.8, 4) is 16.9 Å². The van der Waals surface area contributed by atoms with E-state index in [1.807, 2.05) is 24.3 Å². The number of benzene rings is 2. The average molecular weight is 445 g/mol. The number of nitrogens with zero attached hydrogens (tertiary/aromatic N) is 1. The van der Waals surface area contributed by atoms with Gasteiger partial charge in [-0.05, 0) is 37.8 Å². The molecule has 0 bridgehead atoms. The molecule has 6 rings (SSSR count). The Labute approximate surface area is 190 Å². The number of hydrogen-bond acceptors (Lipinski definition) is 5. The van der Waals surface area contributed by atoms with Crippen molar-refractivity contribution in [3.63, 3.8) is 0 Å². The summed E-state index contributed by atoms with van der Waals surface area (Å²) in [5.74, 6) is -1.74. The molecular weight excluding hydrogens is 422 g/mol. The topological polar surface area (TPSA) is 104 Å². The van der Waals surface area contributed by atoms with Crippen LogP contribution in [0.3, 0.4) is 0 Å². The van der Waals surface area contributed by atoms with Gasteiger partial charge in [-0.1, -0.05) is 36.4 Å². The van der Waals surface area contributed by atoms with Gasteiger partial charge in [-0.25, -0.2) is 4.79 Å². The van der Waals surface area contributed by atoms with Gasteiger partial charge in [0.15, 0.2) is 5.78 Å². The molecule has 2 heterocycles. The Balaban J connectivity index is 1.42. The lowest BCUT2D eigenvalue weighted by molar-refractivity contribution is -0.163. The Hall–Kier alpha value is -3.45. The number of rotatable bonds is 4. The first kappa shape index (κ1) is 20.2. The minimum atomic E-state index is -1.15. The monoisotopic (exact) mass is 445 g/mol. The summed E-state index contributed by atoms with van der Waals surface area (Å²) in [6.07, 6.45) is 0.835. The summed E-state index contributed by atoms with van der Waals surface area (Å²) in [5, 5.41) is 20.2. The second-order valence-corrected chi connectivity index (χ2v) is 9.27. The fraction of sp³-hybridized carbons (Fsp3) is 0.346. The molecule has 1 saturated heterocycles. The third kappa shape index (κ3) is 2.63. The number of carboxylic acid groups (broad SMARTS) is 1. The normalized spacial score (nSPS) is 28.0. The van der Waals surface area contributed by atoms with Crippen LogP contribution in [0.25, 0.3) is 11.1 Å². The molecule has 1 saturated carbocycles. The van der Waals surface area contributed by atoms with Crippen LogP contribution in [0.4, 0.5) is 0 Å². The molecule has 0 spiro atoms. The molecule has 0 radical (unpaired) electrons. The Morgan fingerprint density at radius 3 is 2.52 bits per heavy atom. The van der Waals surface area contributed by atoms with E-state index in [2.05, 4.69) is 0 Å². The van der Waals surface area contributed by atoms with Gasteiger partial charge in [-0.2, -0.15) is 0 Å². The minimum absolute atomic E-state index is 0.000605. The number of hydrogen-bond donors (Lipinski definition) is 2. The van der Waals surface area contributed by atoms with Crippen LogP contribution in [0.2, 0.25) is 0 Å². The first-order valence-electron chi connectivity index (χ1n) is 11.3. The zero-order valence-corrected chi connectivity index (χ0v) is 18.0. The SMILES string of the molecule is CC(O)C1C(=O)N2C(C(=O)O)=C3C(Oc4cccc5c4-c4ccccc4C5=O)CCCC3C12. The van der Waals surface area contributed by atoms with Crippen molar-refractivity contribution < 1.29 is 29.3 Å². The third-order valence-electron chi connectivity index (χ3n) is 7.55. The molecule has 2 aliphatic carbocycles. The maximum Gasteiger partial charge on any atom is 0.352 e. The molecule has 2 N–H and O–H groups in total. The smallest absolute Gasteiger partial charge is 0.352 e. The number of ketones is 1. The second kappa shape index (κ2) is 7.02. The summed E-state index contributed by atoms with van der Waals surface area (Å²) in [4.78, 5) is 39.2. The van der Waals surface area contributed by atoms with Crippen LogP contribution in [-0.4, -0.2) is 51.0 Å². The predicted octanol–water partition coefficient (Wildman–Crippen LogP) is 3.01. The molecule has 2 fully saturated rings. The second-order valence-electron chi connectivity index (χ2n) is 9.27. The Kier molecular flexibility index (Phi) is 4.29. The largest absolute Gasteiger partial charge is 0.485 e. The first-order valence-corrected chi connectivity index (χ1v) is 11.3.